The lowest BCUT2D eigenvalue weighted by Crippen LogP contribution is -2.16. The molecule has 0 unspecified atom stereocenters. The van der Waals surface area contributed by atoms with Gasteiger partial charge in [-0.2, -0.15) is 0 Å². The number of amides is 1. The minimum absolute atomic E-state index is 0.0929. The van der Waals surface area contributed by atoms with Crippen LogP contribution in [0, 0.1) is 20.8 Å². The number of nitrogens with one attached hydrogen (secondary N) is 1. The molecule has 1 aliphatic carbocycles. The first kappa shape index (κ1) is 19.0. The fraction of sp³-hybridized carbons (Fsp3) is 0.231. The third kappa shape index (κ3) is 3.12. The number of carbonyl (C=O) groups excluding carboxylic acids is 1. The van der Waals surface area contributed by atoms with Crippen molar-refractivity contribution in [2.24, 2.45) is 0 Å². The highest BCUT2D eigenvalue weighted by Crippen LogP contribution is 2.43. The van der Waals surface area contributed by atoms with Gasteiger partial charge in [-0.15, -0.1) is 11.3 Å². The summed E-state index contributed by atoms with van der Waals surface area (Å²) in [6.07, 6.45) is 3.37. The molecule has 0 aliphatic heterocycles. The molecule has 0 radical (unpaired) electrons. The highest BCUT2D eigenvalue weighted by atomic mass is 32.1. The SMILES string of the molecule is Cc1ccc(-c2c(C(=O)Nc3ccccc3C)c(C)nc3sc4c(c23)CCC4)cc1. The van der Waals surface area contributed by atoms with Crippen molar-refractivity contribution < 1.29 is 4.79 Å². The summed E-state index contributed by atoms with van der Waals surface area (Å²) >= 11 is 1.80. The van der Waals surface area contributed by atoms with Crippen LogP contribution < -0.4 is 5.32 Å². The van der Waals surface area contributed by atoms with Gasteiger partial charge in [-0.05, 0) is 62.8 Å². The molecule has 0 fully saturated rings. The summed E-state index contributed by atoms with van der Waals surface area (Å²) < 4.78 is 0. The van der Waals surface area contributed by atoms with Crippen LogP contribution in [0.15, 0.2) is 48.5 Å². The van der Waals surface area contributed by atoms with Crippen LogP contribution in [0.25, 0.3) is 21.3 Å². The van der Waals surface area contributed by atoms with Crippen molar-refractivity contribution in [1.29, 1.82) is 0 Å². The highest BCUT2D eigenvalue weighted by Gasteiger charge is 2.27. The molecule has 1 aliphatic rings. The van der Waals surface area contributed by atoms with Gasteiger partial charge in [0.25, 0.3) is 5.91 Å². The molecule has 0 bridgehead atoms. The van der Waals surface area contributed by atoms with Crippen LogP contribution in [0.5, 0.6) is 0 Å². The zero-order valence-corrected chi connectivity index (χ0v) is 18.3. The van der Waals surface area contributed by atoms with Gasteiger partial charge in [0.15, 0.2) is 0 Å². The number of anilines is 1. The molecule has 0 saturated heterocycles. The summed E-state index contributed by atoms with van der Waals surface area (Å²) in [7, 11) is 0. The van der Waals surface area contributed by atoms with Crippen molar-refractivity contribution in [2.75, 3.05) is 5.32 Å². The van der Waals surface area contributed by atoms with Crippen LogP contribution in [0.2, 0.25) is 0 Å². The zero-order valence-electron chi connectivity index (χ0n) is 17.5. The summed E-state index contributed by atoms with van der Waals surface area (Å²) in [6, 6.07) is 16.4. The lowest BCUT2D eigenvalue weighted by Gasteiger charge is -2.16. The van der Waals surface area contributed by atoms with Crippen molar-refractivity contribution in [3.8, 4) is 11.1 Å². The maximum Gasteiger partial charge on any atom is 0.258 e. The van der Waals surface area contributed by atoms with Gasteiger partial charge < -0.3 is 5.32 Å². The number of carbonyl (C=O) groups is 1. The Labute approximate surface area is 180 Å². The first-order valence-electron chi connectivity index (χ1n) is 10.4. The Morgan fingerprint density at radius 3 is 2.53 bits per heavy atom. The number of aryl methyl sites for hydroxylation is 5. The van der Waals surface area contributed by atoms with E-state index in [4.69, 9.17) is 4.98 Å². The number of aromatic nitrogens is 1. The lowest BCUT2D eigenvalue weighted by atomic mass is 9.93. The third-order valence-electron chi connectivity index (χ3n) is 5.99. The maximum atomic E-state index is 13.6. The van der Waals surface area contributed by atoms with E-state index in [1.165, 1.54) is 27.8 Å². The zero-order chi connectivity index (χ0) is 20.8. The second-order valence-corrected chi connectivity index (χ2v) is 9.20. The monoisotopic (exact) mass is 412 g/mol. The van der Waals surface area contributed by atoms with E-state index in [0.29, 0.717) is 5.56 Å². The number of rotatable bonds is 3. The highest BCUT2D eigenvalue weighted by molar-refractivity contribution is 7.19. The smallest absolute Gasteiger partial charge is 0.258 e. The molecule has 3 nitrogen and oxygen atoms in total. The van der Waals surface area contributed by atoms with Gasteiger partial charge in [0.1, 0.15) is 4.83 Å². The first-order valence-corrected chi connectivity index (χ1v) is 11.2. The number of thiophene rings is 1. The molecule has 1 N–H and O–H groups in total. The second kappa shape index (κ2) is 7.37. The second-order valence-electron chi connectivity index (χ2n) is 8.12. The Balaban J connectivity index is 1.75. The van der Waals surface area contributed by atoms with E-state index >= 15 is 0 Å². The van der Waals surface area contributed by atoms with Crippen LogP contribution in [0.1, 0.15) is 44.0 Å². The molecule has 0 spiro atoms. The van der Waals surface area contributed by atoms with Crippen LogP contribution in [-0.4, -0.2) is 10.9 Å². The van der Waals surface area contributed by atoms with Crippen LogP contribution in [-0.2, 0) is 12.8 Å². The molecule has 1 amide bonds. The topological polar surface area (TPSA) is 42.0 Å². The fourth-order valence-electron chi connectivity index (χ4n) is 4.43. The molecule has 150 valence electrons. The van der Waals surface area contributed by atoms with Crippen molar-refractivity contribution in [2.45, 2.75) is 40.0 Å². The molecule has 0 atom stereocenters. The molecule has 5 rings (SSSR count). The van der Waals surface area contributed by atoms with Gasteiger partial charge in [-0.3, -0.25) is 4.79 Å². The van der Waals surface area contributed by atoms with Gasteiger partial charge in [0.2, 0.25) is 0 Å². The van der Waals surface area contributed by atoms with Crippen LogP contribution in [0.4, 0.5) is 5.69 Å². The predicted molar refractivity (Wildman–Crippen MR) is 126 cm³/mol. The lowest BCUT2D eigenvalue weighted by molar-refractivity contribution is 0.102. The standard InChI is InChI=1S/C26H24N2OS/c1-15-11-13-18(14-12-15)23-22(25(29)28-20-9-5-4-7-16(20)2)17(3)27-26-24(23)19-8-6-10-21(19)30-26/h4-5,7,9,11-14H,6,8,10H2,1-3H3,(H,28,29). The molecule has 2 aromatic heterocycles. The minimum atomic E-state index is -0.0929. The average Bonchev–Trinajstić information content (AvgIpc) is 3.30. The molecule has 2 aromatic carbocycles. The van der Waals surface area contributed by atoms with Gasteiger partial charge in [-0.1, -0.05) is 48.0 Å². The normalized spacial score (nSPS) is 12.9. The van der Waals surface area contributed by atoms with Gasteiger partial charge >= 0.3 is 0 Å². The Morgan fingerprint density at radius 2 is 1.77 bits per heavy atom. The van der Waals surface area contributed by atoms with E-state index in [0.717, 1.165) is 45.7 Å². The Hall–Kier alpha value is -2.98. The number of hydrogen-bond acceptors (Lipinski definition) is 3. The number of nitrogens with zero attached hydrogens (tertiary/aromatic N) is 1. The van der Waals surface area contributed by atoms with Crippen LogP contribution in [0.3, 0.4) is 0 Å². The number of fused-ring (bicyclic) bond motifs is 3. The minimum Gasteiger partial charge on any atom is -0.322 e. The average molecular weight is 413 g/mol. The Kier molecular flexibility index (Phi) is 4.67. The van der Waals surface area contributed by atoms with E-state index in [-0.39, 0.29) is 5.91 Å². The largest absolute Gasteiger partial charge is 0.322 e. The van der Waals surface area contributed by atoms with Gasteiger partial charge in [0, 0.05) is 21.5 Å². The fourth-order valence-corrected chi connectivity index (χ4v) is 5.74. The molecule has 4 aromatic rings. The Morgan fingerprint density at radius 1 is 1.00 bits per heavy atom. The predicted octanol–water partition coefficient (Wildman–Crippen LogP) is 6.63. The van der Waals surface area contributed by atoms with Gasteiger partial charge in [0.05, 0.1) is 11.3 Å². The Bertz CT molecular complexity index is 1280. The van der Waals surface area contributed by atoms with Crippen molar-refractivity contribution >= 4 is 33.1 Å². The summed E-state index contributed by atoms with van der Waals surface area (Å²) in [5.74, 6) is -0.0929. The molecular weight excluding hydrogens is 388 g/mol. The van der Waals surface area contributed by atoms with Crippen molar-refractivity contribution in [1.82, 2.24) is 4.98 Å². The first-order chi connectivity index (χ1) is 14.5. The van der Waals surface area contributed by atoms with Crippen LogP contribution >= 0.6 is 11.3 Å². The summed E-state index contributed by atoms with van der Waals surface area (Å²) in [6.45, 7) is 6.05. The summed E-state index contributed by atoms with van der Waals surface area (Å²) in [4.78, 5) is 20.9. The number of pyridine rings is 1. The molecule has 4 heteroatoms. The van der Waals surface area contributed by atoms with E-state index in [1.807, 2.05) is 38.1 Å². The van der Waals surface area contributed by atoms with E-state index in [1.54, 1.807) is 11.3 Å². The third-order valence-corrected chi connectivity index (χ3v) is 7.18. The molecule has 0 saturated carbocycles. The summed E-state index contributed by atoms with van der Waals surface area (Å²) in [5.41, 5.74) is 8.07. The number of hydrogen-bond donors (Lipinski definition) is 1. The molecule has 2 heterocycles. The van der Waals surface area contributed by atoms with Crippen molar-refractivity contribution in [3.05, 3.63) is 81.4 Å². The van der Waals surface area contributed by atoms with Gasteiger partial charge in [-0.25, -0.2) is 4.98 Å². The molecular formula is C26H24N2OS. The summed E-state index contributed by atoms with van der Waals surface area (Å²) in [5, 5.41) is 4.32. The van der Waals surface area contributed by atoms with E-state index in [2.05, 4.69) is 36.5 Å². The van der Waals surface area contributed by atoms with E-state index < -0.39 is 0 Å². The number of para-hydroxylation sites is 1. The van der Waals surface area contributed by atoms with Crippen molar-refractivity contribution in [3.63, 3.8) is 0 Å². The van der Waals surface area contributed by atoms with E-state index in [9.17, 15) is 4.79 Å². The number of benzene rings is 2. The quantitative estimate of drug-likeness (QED) is 0.410. The maximum absolute atomic E-state index is 13.6. The molecule has 30 heavy (non-hydrogen) atoms.